The first kappa shape index (κ1) is 15.4. The van der Waals surface area contributed by atoms with Crippen molar-refractivity contribution in [2.45, 2.75) is 26.2 Å². The van der Waals surface area contributed by atoms with Crippen LogP contribution < -0.4 is 5.32 Å². The molecule has 0 spiro atoms. The second-order valence-electron chi connectivity index (χ2n) is 4.96. The highest BCUT2D eigenvalue weighted by molar-refractivity contribution is 5.95. The summed E-state index contributed by atoms with van der Waals surface area (Å²) in [6.45, 7) is 4.69. The van der Waals surface area contributed by atoms with Gasteiger partial charge in [-0.25, -0.2) is 0 Å². The van der Waals surface area contributed by atoms with Crippen molar-refractivity contribution in [1.29, 1.82) is 0 Å². The maximum absolute atomic E-state index is 12.0. The molecular weight excluding hydrogens is 270 g/mol. The largest absolute Gasteiger partial charge is 0.465 e. The van der Waals surface area contributed by atoms with E-state index in [2.05, 4.69) is 5.32 Å². The van der Waals surface area contributed by atoms with Gasteiger partial charge in [-0.3, -0.25) is 9.59 Å². The summed E-state index contributed by atoms with van der Waals surface area (Å²) in [6, 6.07) is 7.94. The Balaban J connectivity index is 2.12. The van der Waals surface area contributed by atoms with Crippen LogP contribution in [0.15, 0.2) is 24.3 Å². The van der Waals surface area contributed by atoms with Crippen molar-refractivity contribution in [2.75, 3.05) is 25.1 Å². The van der Waals surface area contributed by atoms with Crippen molar-refractivity contribution in [2.24, 2.45) is 5.92 Å². The molecule has 1 aliphatic heterocycles. The number of fused-ring (bicyclic) bond motifs is 1. The van der Waals surface area contributed by atoms with Gasteiger partial charge in [-0.15, -0.1) is 0 Å². The molecule has 21 heavy (non-hydrogen) atoms. The highest BCUT2D eigenvalue weighted by Gasteiger charge is 2.34. The molecule has 1 aromatic rings. The number of ether oxygens (including phenoxy) is 2. The summed E-state index contributed by atoms with van der Waals surface area (Å²) in [6.07, 6.45) is 0.404. The zero-order valence-electron chi connectivity index (χ0n) is 12.4. The lowest BCUT2D eigenvalue weighted by Gasteiger charge is -2.18. The van der Waals surface area contributed by atoms with E-state index in [1.54, 1.807) is 13.8 Å². The fraction of sp³-hybridized carbons (Fsp3) is 0.500. The molecule has 0 fully saturated rings. The third kappa shape index (κ3) is 3.54. The van der Waals surface area contributed by atoms with Gasteiger partial charge in [0.15, 0.2) is 5.92 Å². The first-order valence-corrected chi connectivity index (χ1v) is 7.33. The molecule has 1 aliphatic rings. The van der Waals surface area contributed by atoms with Gasteiger partial charge in [0, 0.05) is 18.2 Å². The molecule has 5 heteroatoms. The van der Waals surface area contributed by atoms with Crippen LogP contribution in [0, 0.1) is 5.92 Å². The van der Waals surface area contributed by atoms with Gasteiger partial charge in [-0.1, -0.05) is 18.2 Å². The van der Waals surface area contributed by atoms with Crippen LogP contribution in [0.1, 0.15) is 31.7 Å². The van der Waals surface area contributed by atoms with Crippen molar-refractivity contribution in [1.82, 2.24) is 0 Å². The summed E-state index contributed by atoms with van der Waals surface area (Å²) >= 11 is 0. The SMILES string of the molecule is CCOC(=O)C(CC1CNc2ccccc21)C(=O)OCC. The lowest BCUT2D eigenvalue weighted by atomic mass is 9.90. The number of hydrogen-bond acceptors (Lipinski definition) is 5. The summed E-state index contributed by atoms with van der Waals surface area (Å²) in [4.78, 5) is 24.0. The van der Waals surface area contributed by atoms with Crippen molar-refractivity contribution >= 4 is 17.6 Å². The molecule has 0 aliphatic carbocycles. The molecule has 1 N–H and O–H groups in total. The molecule has 5 nitrogen and oxygen atoms in total. The van der Waals surface area contributed by atoms with E-state index in [-0.39, 0.29) is 19.1 Å². The van der Waals surface area contributed by atoms with E-state index in [0.717, 1.165) is 11.3 Å². The van der Waals surface area contributed by atoms with Crippen LogP contribution in [0.25, 0.3) is 0 Å². The van der Waals surface area contributed by atoms with Crippen LogP contribution in [0.5, 0.6) is 0 Å². The highest BCUT2D eigenvalue weighted by Crippen LogP contribution is 2.35. The maximum Gasteiger partial charge on any atom is 0.320 e. The fourth-order valence-electron chi connectivity index (χ4n) is 2.63. The predicted octanol–water partition coefficient (Wildman–Crippen LogP) is 2.33. The number of benzene rings is 1. The fourth-order valence-corrected chi connectivity index (χ4v) is 2.63. The van der Waals surface area contributed by atoms with E-state index in [9.17, 15) is 9.59 Å². The smallest absolute Gasteiger partial charge is 0.320 e. The number of carbonyl (C=O) groups excluding carboxylic acids is 2. The van der Waals surface area contributed by atoms with Gasteiger partial charge in [0.25, 0.3) is 0 Å². The lowest BCUT2D eigenvalue weighted by molar-refractivity contribution is -0.162. The average molecular weight is 291 g/mol. The third-order valence-electron chi connectivity index (χ3n) is 3.60. The molecule has 0 bridgehead atoms. The number of rotatable bonds is 6. The van der Waals surface area contributed by atoms with Crippen LogP contribution in [0.4, 0.5) is 5.69 Å². The Kier molecular flexibility index (Phi) is 5.20. The first-order chi connectivity index (χ1) is 10.2. The van der Waals surface area contributed by atoms with Gasteiger partial charge in [0.2, 0.25) is 0 Å². The van der Waals surface area contributed by atoms with E-state index in [1.807, 2.05) is 24.3 Å². The molecule has 0 saturated carbocycles. The second kappa shape index (κ2) is 7.11. The van der Waals surface area contributed by atoms with Gasteiger partial charge >= 0.3 is 11.9 Å². The first-order valence-electron chi connectivity index (χ1n) is 7.33. The Morgan fingerprint density at radius 3 is 2.43 bits per heavy atom. The lowest BCUT2D eigenvalue weighted by Crippen LogP contribution is -2.30. The summed E-state index contributed by atoms with van der Waals surface area (Å²) in [5.74, 6) is -1.75. The van der Waals surface area contributed by atoms with E-state index in [1.165, 1.54) is 0 Å². The molecule has 1 aromatic carbocycles. The van der Waals surface area contributed by atoms with Crippen LogP contribution in [-0.2, 0) is 19.1 Å². The molecule has 1 atom stereocenters. The minimum atomic E-state index is -0.858. The normalized spacial score (nSPS) is 16.2. The van der Waals surface area contributed by atoms with Crippen molar-refractivity contribution in [3.63, 3.8) is 0 Å². The Morgan fingerprint density at radius 1 is 1.19 bits per heavy atom. The van der Waals surface area contributed by atoms with Crippen LogP contribution in [0.2, 0.25) is 0 Å². The number of para-hydroxylation sites is 1. The molecule has 114 valence electrons. The van der Waals surface area contributed by atoms with Crippen LogP contribution in [0.3, 0.4) is 0 Å². The molecule has 0 saturated heterocycles. The standard InChI is InChI=1S/C16H21NO4/c1-3-20-15(18)13(16(19)21-4-2)9-11-10-17-14-8-6-5-7-12(11)14/h5-8,11,13,17H,3-4,9-10H2,1-2H3. The van der Waals surface area contributed by atoms with E-state index >= 15 is 0 Å². The van der Waals surface area contributed by atoms with Crippen LogP contribution in [-0.4, -0.2) is 31.7 Å². The maximum atomic E-state index is 12.0. The number of hydrogen-bond donors (Lipinski definition) is 1. The van der Waals surface area contributed by atoms with E-state index in [4.69, 9.17) is 9.47 Å². The molecular formula is C16H21NO4. The topological polar surface area (TPSA) is 64.6 Å². The zero-order valence-corrected chi connectivity index (χ0v) is 12.4. The molecule has 0 aromatic heterocycles. The predicted molar refractivity (Wildman–Crippen MR) is 79.0 cm³/mol. The number of anilines is 1. The van der Waals surface area contributed by atoms with Gasteiger partial charge in [-0.05, 0) is 31.9 Å². The Bertz CT molecular complexity index is 497. The quantitative estimate of drug-likeness (QED) is 0.643. The minimum Gasteiger partial charge on any atom is -0.465 e. The van der Waals surface area contributed by atoms with E-state index in [0.29, 0.717) is 13.0 Å². The number of nitrogens with one attached hydrogen (secondary N) is 1. The monoisotopic (exact) mass is 291 g/mol. The molecule has 0 radical (unpaired) electrons. The Hall–Kier alpha value is -2.04. The second-order valence-corrected chi connectivity index (χ2v) is 4.96. The molecule has 1 unspecified atom stereocenters. The number of esters is 2. The summed E-state index contributed by atoms with van der Waals surface area (Å²) in [5, 5.41) is 3.29. The third-order valence-corrected chi connectivity index (χ3v) is 3.60. The van der Waals surface area contributed by atoms with Gasteiger partial charge in [0.05, 0.1) is 13.2 Å². The van der Waals surface area contributed by atoms with Crippen molar-refractivity contribution < 1.29 is 19.1 Å². The summed E-state index contributed by atoms with van der Waals surface area (Å²) in [5.41, 5.74) is 2.20. The number of carbonyl (C=O) groups is 2. The Labute approximate surface area is 124 Å². The van der Waals surface area contributed by atoms with Crippen LogP contribution >= 0.6 is 0 Å². The molecule has 0 amide bonds. The Morgan fingerprint density at radius 2 is 1.81 bits per heavy atom. The average Bonchev–Trinajstić information content (AvgIpc) is 2.88. The van der Waals surface area contributed by atoms with Crippen molar-refractivity contribution in [3.05, 3.63) is 29.8 Å². The van der Waals surface area contributed by atoms with Gasteiger partial charge in [0.1, 0.15) is 0 Å². The zero-order chi connectivity index (χ0) is 15.2. The molecule has 2 rings (SSSR count). The van der Waals surface area contributed by atoms with Gasteiger partial charge < -0.3 is 14.8 Å². The molecule has 1 heterocycles. The summed E-state index contributed by atoms with van der Waals surface area (Å²) in [7, 11) is 0. The van der Waals surface area contributed by atoms with E-state index < -0.39 is 17.9 Å². The summed E-state index contributed by atoms with van der Waals surface area (Å²) < 4.78 is 10.0. The van der Waals surface area contributed by atoms with Crippen molar-refractivity contribution in [3.8, 4) is 0 Å². The minimum absolute atomic E-state index is 0.111. The van der Waals surface area contributed by atoms with Gasteiger partial charge in [-0.2, -0.15) is 0 Å². The highest BCUT2D eigenvalue weighted by atomic mass is 16.6.